The molecule has 0 unspecified atom stereocenters. The van der Waals surface area contributed by atoms with Crippen LogP contribution in [0.3, 0.4) is 0 Å². The maximum absolute atomic E-state index is 11.8. The number of benzene rings is 1. The second kappa shape index (κ2) is 10.1. The van der Waals surface area contributed by atoms with Crippen LogP contribution in [0.15, 0.2) is 18.2 Å². The molecule has 0 amide bonds. The van der Waals surface area contributed by atoms with Crippen molar-refractivity contribution in [3.05, 3.63) is 33.8 Å². The molecule has 5 N–H and O–H groups in total. The summed E-state index contributed by atoms with van der Waals surface area (Å²) in [7, 11) is -1.35. The molecule has 0 aromatic heterocycles. The summed E-state index contributed by atoms with van der Waals surface area (Å²) in [6, 6.07) is 5.58. The Balaban J connectivity index is 1.88. The number of hydrogen-bond donors (Lipinski definition) is 4. The minimum Gasteiger partial charge on any atom is -0.480 e. The zero-order chi connectivity index (χ0) is 20.0. The molecule has 150 valence electrons. The topological polar surface area (TPSA) is 107 Å². The quantitative estimate of drug-likeness (QED) is 0.364. The molecule has 1 saturated heterocycles. The van der Waals surface area contributed by atoms with Crippen molar-refractivity contribution in [3.8, 4) is 0 Å². The fraction of sp³-hybridized carbons (Fsp3) is 0.611. The number of nitrogens with two attached hydrogens (primary N) is 1. The van der Waals surface area contributed by atoms with Crippen molar-refractivity contribution in [3.63, 3.8) is 0 Å². The van der Waals surface area contributed by atoms with Crippen molar-refractivity contribution in [2.75, 3.05) is 13.1 Å². The molecule has 0 radical (unpaired) electrons. The molecule has 2 rings (SSSR count). The van der Waals surface area contributed by atoms with E-state index in [0.29, 0.717) is 42.1 Å². The van der Waals surface area contributed by atoms with Gasteiger partial charge in [0, 0.05) is 6.54 Å². The maximum Gasteiger partial charge on any atom is 0.451 e. The van der Waals surface area contributed by atoms with Crippen LogP contribution in [-0.2, 0) is 11.3 Å². The first-order valence-corrected chi connectivity index (χ1v) is 10.0. The van der Waals surface area contributed by atoms with E-state index in [2.05, 4.69) is 4.90 Å². The van der Waals surface area contributed by atoms with E-state index < -0.39 is 18.6 Å². The van der Waals surface area contributed by atoms with Gasteiger partial charge in [-0.2, -0.15) is 0 Å². The molecule has 1 aliphatic rings. The van der Waals surface area contributed by atoms with Gasteiger partial charge in [-0.25, -0.2) is 0 Å². The number of likely N-dealkylation sites (tertiary alicyclic amines) is 1. The highest BCUT2D eigenvalue weighted by Gasteiger charge is 2.42. The van der Waals surface area contributed by atoms with Gasteiger partial charge in [0.2, 0.25) is 0 Å². The molecule has 1 aliphatic heterocycles. The molecular formula is C18H27BCl2N2O4. The molecule has 1 fully saturated rings. The van der Waals surface area contributed by atoms with Gasteiger partial charge in [0.05, 0.1) is 10.0 Å². The summed E-state index contributed by atoms with van der Waals surface area (Å²) in [5.41, 5.74) is 6.10. The van der Waals surface area contributed by atoms with Crippen LogP contribution in [-0.4, -0.2) is 51.8 Å². The van der Waals surface area contributed by atoms with E-state index >= 15 is 0 Å². The standard InChI is InChI=1S/C18H27BCl2N2O4/c20-15-4-3-13(11-16(15)21)12-23-9-5-14(6-10-23)18(22,17(24)25)7-1-2-8-19(26)27/h3-4,11,14,26-27H,1-2,5-10,12,22H2,(H,24,25)/t18-/m1/s1. The summed E-state index contributed by atoms with van der Waals surface area (Å²) in [4.78, 5) is 14.1. The number of carboxylic acids is 1. The number of piperidine rings is 1. The highest BCUT2D eigenvalue weighted by molar-refractivity contribution is 6.42. The third-order valence-electron chi connectivity index (χ3n) is 5.41. The van der Waals surface area contributed by atoms with E-state index in [1.165, 1.54) is 0 Å². The maximum atomic E-state index is 11.8. The summed E-state index contributed by atoms with van der Waals surface area (Å²) in [5.74, 6) is -1.07. The SMILES string of the molecule is N[C@@](CCCCB(O)O)(C(=O)O)C1CCN(Cc2ccc(Cl)c(Cl)c2)CC1. The Morgan fingerprint density at radius 2 is 1.89 bits per heavy atom. The molecule has 0 spiro atoms. The third-order valence-corrected chi connectivity index (χ3v) is 6.15. The van der Waals surface area contributed by atoms with Crippen LogP contribution in [0.1, 0.15) is 37.7 Å². The molecule has 0 saturated carbocycles. The lowest BCUT2D eigenvalue weighted by Gasteiger charge is -2.40. The molecular weight excluding hydrogens is 390 g/mol. The van der Waals surface area contributed by atoms with E-state index in [4.69, 9.17) is 39.0 Å². The number of unbranched alkanes of at least 4 members (excludes halogenated alkanes) is 1. The lowest BCUT2D eigenvalue weighted by molar-refractivity contribution is -0.147. The largest absolute Gasteiger partial charge is 0.480 e. The average molecular weight is 417 g/mol. The Morgan fingerprint density at radius 1 is 1.22 bits per heavy atom. The van der Waals surface area contributed by atoms with Gasteiger partial charge in [-0.3, -0.25) is 9.69 Å². The van der Waals surface area contributed by atoms with Gasteiger partial charge in [-0.15, -0.1) is 0 Å². The summed E-state index contributed by atoms with van der Waals surface area (Å²) in [5, 5.41) is 28.6. The van der Waals surface area contributed by atoms with Crippen LogP contribution < -0.4 is 5.73 Å². The second-order valence-corrected chi connectivity index (χ2v) is 8.19. The number of carbonyl (C=O) groups is 1. The number of halogens is 2. The van der Waals surface area contributed by atoms with Gasteiger partial charge in [0.1, 0.15) is 5.54 Å². The van der Waals surface area contributed by atoms with Gasteiger partial charge in [0.25, 0.3) is 0 Å². The Kier molecular flexibility index (Phi) is 8.40. The van der Waals surface area contributed by atoms with E-state index in [1.807, 2.05) is 12.1 Å². The highest BCUT2D eigenvalue weighted by atomic mass is 35.5. The molecule has 1 aromatic carbocycles. The number of nitrogens with zero attached hydrogens (tertiary/aromatic N) is 1. The van der Waals surface area contributed by atoms with Crippen molar-refractivity contribution < 1.29 is 19.9 Å². The first-order chi connectivity index (χ1) is 12.7. The highest BCUT2D eigenvalue weighted by Crippen LogP contribution is 2.32. The van der Waals surface area contributed by atoms with Crippen molar-refractivity contribution in [2.24, 2.45) is 11.7 Å². The summed E-state index contributed by atoms with van der Waals surface area (Å²) >= 11 is 12.0. The van der Waals surface area contributed by atoms with E-state index in [-0.39, 0.29) is 12.2 Å². The van der Waals surface area contributed by atoms with Crippen molar-refractivity contribution in [2.45, 2.75) is 50.5 Å². The third kappa shape index (κ3) is 6.34. The van der Waals surface area contributed by atoms with Crippen molar-refractivity contribution in [1.82, 2.24) is 4.90 Å². The van der Waals surface area contributed by atoms with Crippen LogP contribution in [0.5, 0.6) is 0 Å². The normalized spacial score (nSPS) is 18.3. The Bertz CT molecular complexity index is 642. The molecule has 9 heteroatoms. The second-order valence-electron chi connectivity index (χ2n) is 7.37. The molecule has 0 aliphatic carbocycles. The lowest BCUT2D eigenvalue weighted by Crippen LogP contribution is -2.56. The van der Waals surface area contributed by atoms with Crippen LogP contribution in [0.25, 0.3) is 0 Å². The van der Waals surface area contributed by atoms with Gasteiger partial charge in [0.15, 0.2) is 0 Å². The molecule has 27 heavy (non-hydrogen) atoms. The minimum atomic E-state index is -1.35. The molecule has 1 atom stereocenters. The molecule has 0 bridgehead atoms. The smallest absolute Gasteiger partial charge is 0.451 e. The van der Waals surface area contributed by atoms with Gasteiger partial charge >= 0.3 is 13.1 Å². The van der Waals surface area contributed by atoms with Gasteiger partial charge in [-0.05, 0) is 62.3 Å². The van der Waals surface area contributed by atoms with Crippen molar-refractivity contribution >= 4 is 36.3 Å². The minimum absolute atomic E-state index is 0.0981. The van der Waals surface area contributed by atoms with Crippen LogP contribution in [0.2, 0.25) is 16.4 Å². The molecule has 1 aromatic rings. The Hall–Kier alpha value is -0.825. The number of hydrogen-bond acceptors (Lipinski definition) is 5. The monoisotopic (exact) mass is 416 g/mol. The molecule has 1 heterocycles. The Labute approximate surface area is 170 Å². The van der Waals surface area contributed by atoms with Crippen LogP contribution in [0.4, 0.5) is 0 Å². The number of aliphatic carboxylic acids is 1. The van der Waals surface area contributed by atoms with Crippen molar-refractivity contribution in [1.29, 1.82) is 0 Å². The summed E-state index contributed by atoms with van der Waals surface area (Å²) in [6.45, 7) is 2.28. The first-order valence-electron chi connectivity index (χ1n) is 9.27. The van der Waals surface area contributed by atoms with Gasteiger partial charge < -0.3 is 20.9 Å². The summed E-state index contributed by atoms with van der Waals surface area (Å²) < 4.78 is 0. The first kappa shape index (κ1) is 22.5. The van der Waals surface area contributed by atoms with Crippen LogP contribution in [0, 0.1) is 5.92 Å². The average Bonchev–Trinajstić information content (AvgIpc) is 2.62. The number of rotatable bonds is 9. The fourth-order valence-corrected chi connectivity index (χ4v) is 4.05. The van der Waals surface area contributed by atoms with E-state index in [0.717, 1.165) is 25.2 Å². The lowest BCUT2D eigenvalue weighted by atomic mass is 9.74. The van der Waals surface area contributed by atoms with Crippen LogP contribution >= 0.6 is 23.2 Å². The fourth-order valence-electron chi connectivity index (χ4n) is 3.73. The van der Waals surface area contributed by atoms with Gasteiger partial charge in [-0.1, -0.05) is 42.1 Å². The predicted molar refractivity (Wildman–Crippen MR) is 108 cm³/mol. The Morgan fingerprint density at radius 3 is 2.44 bits per heavy atom. The van der Waals surface area contributed by atoms with E-state index in [9.17, 15) is 9.90 Å². The number of carboxylic acid groups (broad SMARTS) is 1. The zero-order valence-electron chi connectivity index (χ0n) is 15.3. The molecule has 6 nitrogen and oxygen atoms in total. The predicted octanol–water partition coefficient (Wildman–Crippen LogP) is 2.63. The summed E-state index contributed by atoms with van der Waals surface area (Å²) in [6.07, 6.45) is 3.10. The van der Waals surface area contributed by atoms with E-state index in [1.54, 1.807) is 6.07 Å². The zero-order valence-corrected chi connectivity index (χ0v) is 16.8.